The van der Waals surface area contributed by atoms with E-state index < -0.39 is 0 Å². The minimum Gasteiger partial charge on any atom is -0.372 e. The lowest BCUT2D eigenvalue weighted by Gasteiger charge is -2.20. The van der Waals surface area contributed by atoms with E-state index >= 15 is 0 Å². The van der Waals surface area contributed by atoms with Crippen LogP contribution in [0.3, 0.4) is 0 Å². The maximum atomic E-state index is 4.42. The van der Waals surface area contributed by atoms with Gasteiger partial charge in [-0.2, -0.15) is 0 Å². The standard InChI is InChI=1S/C12H20N4/c1-9(10-5-3-4-6-10)15-12-8-14-7-11(13-2)16-12/h7-10H,3-6H2,1-2H3,(H2,13,15,16). The summed E-state index contributed by atoms with van der Waals surface area (Å²) in [7, 11) is 1.86. The number of hydrogen-bond donors (Lipinski definition) is 2. The zero-order chi connectivity index (χ0) is 11.4. The van der Waals surface area contributed by atoms with Crippen LogP contribution in [0.1, 0.15) is 32.6 Å². The Kier molecular flexibility index (Phi) is 3.59. The van der Waals surface area contributed by atoms with Gasteiger partial charge in [0, 0.05) is 13.1 Å². The van der Waals surface area contributed by atoms with Gasteiger partial charge in [-0.25, -0.2) is 4.98 Å². The number of hydrogen-bond acceptors (Lipinski definition) is 4. The predicted octanol–water partition coefficient (Wildman–Crippen LogP) is 2.51. The number of anilines is 2. The van der Waals surface area contributed by atoms with Crippen molar-refractivity contribution in [2.45, 2.75) is 38.6 Å². The summed E-state index contributed by atoms with van der Waals surface area (Å²) in [6.45, 7) is 2.24. The van der Waals surface area contributed by atoms with E-state index in [2.05, 4.69) is 27.5 Å². The fourth-order valence-electron chi connectivity index (χ4n) is 2.36. The van der Waals surface area contributed by atoms with Crippen molar-refractivity contribution in [3.05, 3.63) is 12.4 Å². The van der Waals surface area contributed by atoms with E-state index in [1.807, 2.05) is 7.05 Å². The van der Waals surface area contributed by atoms with Crippen molar-refractivity contribution in [2.75, 3.05) is 17.7 Å². The van der Waals surface area contributed by atoms with Gasteiger partial charge < -0.3 is 10.6 Å². The molecule has 0 saturated heterocycles. The van der Waals surface area contributed by atoms with E-state index in [9.17, 15) is 0 Å². The topological polar surface area (TPSA) is 49.8 Å². The van der Waals surface area contributed by atoms with Crippen molar-refractivity contribution in [1.82, 2.24) is 9.97 Å². The van der Waals surface area contributed by atoms with Crippen LogP contribution in [0.5, 0.6) is 0 Å². The summed E-state index contributed by atoms with van der Waals surface area (Å²) >= 11 is 0. The largest absolute Gasteiger partial charge is 0.372 e. The van der Waals surface area contributed by atoms with Gasteiger partial charge in [-0.15, -0.1) is 0 Å². The van der Waals surface area contributed by atoms with Crippen LogP contribution in [0.25, 0.3) is 0 Å². The second-order valence-corrected chi connectivity index (χ2v) is 4.52. The molecule has 0 aliphatic heterocycles. The molecule has 1 aliphatic carbocycles. The zero-order valence-electron chi connectivity index (χ0n) is 10.0. The summed E-state index contributed by atoms with van der Waals surface area (Å²) in [6, 6.07) is 0.490. The monoisotopic (exact) mass is 220 g/mol. The first kappa shape index (κ1) is 11.2. The molecule has 1 unspecified atom stereocenters. The van der Waals surface area contributed by atoms with Crippen LogP contribution in [0, 0.1) is 5.92 Å². The maximum Gasteiger partial charge on any atom is 0.147 e. The Morgan fingerprint density at radius 1 is 1.25 bits per heavy atom. The zero-order valence-corrected chi connectivity index (χ0v) is 10.0. The average Bonchev–Trinajstić information content (AvgIpc) is 2.83. The van der Waals surface area contributed by atoms with E-state index in [1.54, 1.807) is 12.4 Å². The number of nitrogens with zero attached hydrogens (tertiary/aromatic N) is 2. The maximum absolute atomic E-state index is 4.42. The summed E-state index contributed by atoms with van der Waals surface area (Å²) in [5.74, 6) is 2.47. The molecule has 2 N–H and O–H groups in total. The van der Waals surface area contributed by atoms with Crippen molar-refractivity contribution >= 4 is 11.6 Å². The van der Waals surface area contributed by atoms with Gasteiger partial charge in [0.1, 0.15) is 11.6 Å². The third kappa shape index (κ3) is 2.62. The molecule has 0 bridgehead atoms. The van der Waals surface area contributed by atoms with Crippen LogP contribution in [0.4, 0.5) is 11.6 Å². The minimum atomic E-state index is 0.490. The van der Waals surface area contributed by atoms with Gasteiger partial charge in [0.05, 0.1) is 12.4 Å². The SMILES string of the molecule is CNc1cncc(NC(C)C2CCCC2)n1. The Labute approximate surface area is 96.9 Å². The van der Waals surface area contributed by atoms with Crippen molar-refractivity contribution in [3.63, 3.8) is 0 Å². The molecule has 2 rings (SSSR count). The van der Waals surface area contributed by atoms with Crippen molar-refractivity contribution in [2.24, 2.45) is 5.92 Å². The van der Waals surface area contributed by atoms with E-state index in [0.29, 0.717) is 6.04 Å². The predicted molar refractivity (Wildman–Crippen MR) is 66.6 cm³/mol. The molecular formula is C12H20N4. The van der Waals surface area contributed by atoms with Gasteiger partial charge in [-0.1, -0.05) is 12.8 Å². The van der Waals surface area contributed by atoms with Gasteiger partial charge in [0.2, 0.25) is 0 Å². The molecule has 1 fully saturated rings. The third-order valence-electron chi connectivity index (χ3n) is 3.37. The molecule has 0 aromatic carbocycles. The lowest BCUT2D eigenvalue weighted by Crippen LogP contribution is -2.24. The quantitative estimate of drug-likeness (QED) is 0.818. The first-order valence-corrected chi connectivity index (χ1v) is 6.06. The number of rotatable bonds is 4. The van der Waals surface area contributed by atoms with Crippen LogP contribution in [-0.4, -0.2) is 23.1 Å². The van der Waals surface area contributed by atoms with Crippen molar-refractivity contribution in [3.8, 4) is 0 Å². The number of nitrogens with one attached hydrogen (secondary N) is 2. The highest BCUT2D eigenvalue weighted by atomic mass is 15.1. The summed E-state index contributed by atoms with van der Waals surface area (Å²) in [6.07, 6.45) is 8.94. The highest BCUT2D eigenvalue weighted by molar-refractivity contribution is 5.41. The molecular weight excluding hydrogens is 200 g/mol. The van der Waals surface area contributed by atoms with E-state index in [4.69, 9.17) is 0 Å². The molecule has 1 aliphatic rings. The Balaban J connectivity index is 1.96. The molecule has 0 amide bonds. The lowest BCUT2D eigenvalue weighted by molar-refractivity contribution is 0.481. The van der Waals surface area contributed by atoms with Crippen molar-refractivity contribution < 1.29 is 0 Å². The highest BCUT2D eigenvalue weighted by Crippen LogP contribution is 2.28. The van der Waals surface area contributed by atoms with E-state index in [-0.39, 0.29) is 0 Å². The normalized spacial score (nSPS) is 18.4. The smallest absolute Gasteiger partial charge is 0.147 e. The van der Waals surface area contributed by atoms with Gasteiger partial charge in [-0.05, 0) is 25.7 Å². The van der Waals surface area contributed by atoms with Gasteiger partial charge in [-0.3, -0.25) is 4.98 Å². The van der Waals surface area contributed by atoms with E-state index in [0.717, 1.165) is 17.6 Å². The third-order valence-corrected chi connectivity index (χ3v) is 3.37. The van der Waals surface area contributed by atoms with Crippen LogP contribution in [0.2, 0.25) is 0 Å². The second kappa shape index (κ2) is 5.14. The Hall–Kier alpha value is -1.32. The van der Waals surface area contributed by atoms with Crippen LogP contribution in [-0.2, 0) is 0 Å². The molecule has 16 heavy (non-hydrogen) atoms. The summed E-state index contributed by atoms with van der Waals surface area (Å²) < 4.78 is 0. The molecule has 1 aromatic rings. The van der Waals surface area contributed by atoms with Crippen LogP contribution >= 0.6 is 0 Å². The summed E-state index contributed by atoms with van der Waals surface area (Å²) in [5.41, 5.74) is 0. The Bertz CT molecular complexity index is 334. The second-order valence-electron chi connectivity index (χ2n) is 4.52. The molecule has 1 atom stereocenters. The first-order valence-electron chi connectivity index (χ1n) is 6.06. The molecule has 4 nitrogen and oxygen atoms in total. The Morgan fingerprint density at radius 3 is 2.62 bits per heavy atom. The average molecular weight is 220 g/mol. The van der Waals surface area contributed by atoms with Crippen LogP contribution < -0.4 is 10.6 Å². The van der Waals surface area contributed by atoms with E-state index in [1.165, 1.54) is 25.7 Å². The molecule has 88 valence electrons. The van der Waals surface area contributed by atoms with Gasteiger partial charge in [0.25, 0.3) is 0 Å². The Morgan fingerprint density at radius 2 is 1.94 bits per heavy atom. The van der Waals surface area contributed by atoms with Crippen molar-refractivity contribution in [1.29, 1.82) is 0 Å². The highest BCUT2D eigenvalue weighted by Gasteiger charge is 2.21. The molecule has 1 aromatic heterocycles. The molecule has 1 heterocycles. The molecule has 0 spiro atoms. The molecule has 0 radical (unpaired) electrons. The first-order chi connectivity index (χ1) is 7.79. The summed E-state index contributed by atoms with van der Waals surface area (Å²) in [5, 5.41) is 6.44. The lowest BCUT2D eigenvalue weighted by atomic mass is 10.00. The minimum absolute atomic E-state index is 0.490. The number of aromatic nitrogens is 2. The van der Waals surface area contributed by atoms with Crippen LogP contribution in [0.15, 0.2) is 12.4 Å². The van der Waals surface area contributed by atoms with Gasteiger partial charge in [0.15, 0.2) is 0 Å². The summed E-state index contributed by atoms with van der Waals surface area (Å²) in [4.78, 5) is 8.57. The fourth-order valence-corrected chi connectivity index (χ4v) is 2.36. The molecule has 4 heteroatoms. The molecule has 1 saturated carbocycles. The van der Waals surface area contributed by atoms with Gasteiger partial charge >= 0.3 is 0 Å². The fraction of sp³-hybridized carbons (Fsp3) is 0.667.